The molecule has 15 heavy (non-hydrogen) atoms. The van der Waals surface area contributed by atoms with E-state index in [4.69, 9.17) is 0 Å². The van der Waals surface area contributed by atoms with E-state index in [2.05, 4.69) is 31.3 Å². The SMILES string of the molecule is O=C1CCC(CNC(=O)c2nn[nH]n2)N1. The molecule has 0 saturated carbocycles. The van der Waals surface area contributed by atoms with E-state index in [0.717, 1.165) is 6.42 Å². The second-order valence-electron chi connectivity index (χ2n) is 3.25. The predicted octanol–water partition coefficient (Wildman–Crippen LogP) is -1.79. The van der Waals surface area contributed by atoms with E-state index in [1.165, 1.54) is 0 Å². The van der Waals surface area contributed by atoms with Crippen LogP contribution in [0.5, 0.6) is 0 Å². The largest absolute Gasteiger partial charge is 0.352 e. The zero-order chi connectivity index (χ0) is 10.7. The van der Waals surface area contributed by atoms with Gasteiger partial charge in [0.25, 0.3) is 11.7 Å². The molecule has 1 saturated heterocycles. The maximum Gasteiger partial charge on any atom is 0.292 e. The highest BCUT2D eigenvalue weighted by Crippen LogP contribution is 2.04. The Morgan fingerprint density at radius 3 is 3.07 bits per heavy atom. The summed E-state index contributed by atoms with van der Waals surface area (Å²) in [5.74, 6) is -0.377. The van der Waals surface area contributed by atoms with Crippen LogP contribution in [0.1, 0.15) is 23.5 Å². The van der Waals surface area contributed by atoms with Crippen molar-refractivity contribution in [2.45, 2.75) is 18.9 Å². The fraction of sp³-hybridized carbons (Fsp3) is 0.571. The van der Waals surface area contributed by atoms with E-state index in [9.17, 15) is 9.59 Å². The van der Waals surface area contributed by atoms with E-state index in [1.54, 1.807) is 0 Å². The van der Waals surface area contributed by atoms with Crippen molar-refractivity contribution >= 4 is 11.8 Å². The normalized spacial score (nSPS) is 20.0. The summed E-state index contributed by atoms with van der Waals surface area (Å²) < 4.78 is 0. The summed E-state index contributed by atoms with van der Waals surface area (Å²) in [5, 5.41) is 17.9. The van der Waals surface area contributed by atoms with Crippen molar-refractivity contribution in [3.05, 3.63) is 5.82 Å². The van der Waals surface area contributed by atoms with Gasteiger partial charge in [-0.15, -0.1) is 10.2 Å². The average Bonchev–Trinajstić information content (AvgIpc) is 2.84. The lowest BCUT2D eigenvalue weighted by molar-refractivity contribution is -0.119. The number of hydrogen-bond acceptors (Lipinski definition) is 5. The summed E-state index contributed by atoms with van der Waals surface area (Å²) in [6, 6.07) is 0.00773. The number of carbonyl (C=O) groups excluding carboxylic acids is 2. The van der Waals surface area contributed by atoms with Gasteiger partial charge in [-0.2, -0.15) is 5.21 Å². The van der Waals surface area contributed by atoms with Gasteiger partial charge < -0.3 is 10.6 Å². The second kappa shape index (κ2) is 4.03. The second-order valence-corrected chi connectivity index (χ2v) is 3.25. The Labute approximate surface area is 84.8 Å². The van der Waals surface area contributed by atoms with Crippen LogP contribution in [0.2, 0.25) is 0 Å². The standard InChI is InChI=1S/C7H10N6O2/c14-5-2-1-4(9-5)3-8-7(15)6-10-12-13-11-6/h4H,1-3H2,(H,8,15)(H,9,14)(H,10,11,12,13). The maximum atomic E-state index is 11.3. The highest BCUT2D eigenvalue weighted by atomic mass is 16.2. The van der Waals surface area contributed by atoms with Crippen molar-refractivity contribution in [3.63, 3.8) is 0 Å². The number of hydrogen-bond donors (Lipinski definition) is 3. The minimum atomic E-state index is -0.398. The Balaban J connectivity index is 1.79. The third-order valence-electron chi connectivity index (χ3n) is 2.14. The summed E-state index contributed by atoms with van der Waals surface area (Å²) in [4.78, 5) is 22.2. The van der Waals surface area contributed by atoms with E-state index >= 15 is 0 Å². The molecule has 1 aromatic rings. The van der Waals surface area contributed by atoms with Gasteiger partial charge in [0.15, 0.2) is 0 Å². The first kappa shape index (κ1) is 9.56. The molecule has 2 heterocycles. The molecule has 1 aliphatic heterocycles. The lowest BCUT2D eigenvalue weighted by atomic mass is 10.2. The fourth-order valence-corrected chi connectivity index (χ4v) is 1.38. The van der Waals surface area contributed by atoms with Crippen LogP contribution in [-0.2, 0) is 4.79 Å². The van der Waals surface area contributed by atoms with E-state index in [0.29, 0.717) is 13.0 Å². The van der Waals surface area contributed by atoms with Crippen LogP contribution in [0.25, 0.3) is 0 Å². The van der Waals surface area contributed by atoms with Crippen molar-refractivity contribution in [1.29, 1.82) is 0 Å². The molecule has 8 nitrogen and oxygen atoms in total. The summed E-state index contributed by atoms with van der Waals surface area (Å²) >= 11 is 0. The predicted molar refractivity (Wildman–Crippen MR) is 47.7 cm³/mol. The van der Waals surface area contributed by atoms with Gasteiger partial charge in [-0.05, 0) is 11.6 Å². The molecule has 0 radical (unpaired) electrons. The van der Waals surface area contributed by atoms with Crippen LogP contribution in [0.3, 0.4) is 0 Å². The number of amides is 2. The number of H-pyrrole nitrogens is 1. The molecule has 3 N–H and O–H groups in total. The molecular formula is C7H10N6O2. The summed E-state index contributed by atoms with van der Waals surface area (Å²) in [5.41, 5.74) is 0. The molecule has 0 spiro atoms. The first-order valence-electron chi connectivity index (χ1n) is 4.56. The van der Waals surface area contributed by atoms with Crippen molar-refractivity contribution in [1.82, 2.24) is 31.3 Å². The van der Waals surface area contributed by atoms with Crippen molar-refractivity contribution in [3.8, 4) is 0 Å². The minimum absolute atomic E-state index is 0.000626. The highest BCUT2D eigenvalue weighted by molar-refractivity contribution is 5.90. The zero-order valence-corrected chi connectivity index (χ0v) is 7.86. The Kier molecular flexibility index (Phi) is 2.57. The number of aromatic amines is 1. The molecule has 0 aromatic carbocycles. The van der Waals surface area contributed by atoms with Gasteiger partial charge >= 0.3 is 0 Å². The van der Waals surface area contributed by atoms with Gasteiger partial charge in [-0.25, -0.2) is 0 Å². The summed E-state index contributed by atoms with van der Waals surface area (Å²) in [6.45, 7) is 0.388. The highest BCUT2D eigenvalue weighted by Gasteiger charge is 2.21. The topological polar surface area (TPSA) is 113 Å². The molecule has 1 fully saturated rings. The van der Waals surface area contributed by atoms with Gasteiger partial charge in [0.2, 0.25) is 5.91 Å². The Bertz CT molecular complexity index is 362. The summed E-state index contributed by atoms with van der Waals surface area (Å²) in [7, 11) is 0. The molecule has 1 aliphatic rings. The van der Waals surface area contributed by atoms with E-state index in [-0.39, 0.29) is 17.8 Å². The van der Waals surface area contributed by atoms with Gasteiger partial charge in [0.1, 0.15) is 0 Å². The lowest BCUT2D eigenvalue weighted by Gasteiger charge is -2.09. The zero-order valence-electron chi connectivity index (χ0n) is 7.86. The first-order valence-corrected chi connectivity index (χ1v) is 4.56. The molecule has 80 valence electrons. The molecular weight excluding hydrogens is 200 g/mol. The van der Waals surface area contributed by atoms with E-state index < -0.39 is 5.91 Å². The van der Waals surface area contributed by atoms with Crippen LogP contribution in [0.4, 0.5) is 0 Å². The van der Waals surface area contributed by atoms with Gasteiger partial charge in [-0.1, -0.05) is 0 Å². The Hall–Kier alpha value is -1.99. The van der Waals surface area contributed by atoms with Gasteiger partial charge in [-0.3, -0.25) is 9.59 Å². The van der Waals surface area contributed by atoms with Crippen LogP contribution in [0.15, 0.2) is 0 Å². The lowest BCUT2D eigenvalue weighted by Crippen LogP contribution is -2.38. The van der Waals surface area contributed by atoms with E-state index in [1.807, 2.05) is 0 Å². The van der Waals surface area contributed by atoms with Crippen LogP contribution >= 0.6 is 0 Å². The van der Waals surface area contributed by atoms with Gasteiger partial charge in [0, 0.05) is 19.0 Å². The summed E-state index contributed by atoms with van der Waals surface area (Å²) in [6.07, 6.45) is 1.26. The number of aromatic nitrogens is 4. The van der Waals surface area contributed by atoms with Crippen molar-refractivity contribution in [2.75, 3.05) is 6.54 Å². The molecule has 1 aromatic heterocycles. The first-order chi connectivity index (χ1) is 7.25. The minimum Gasteiger partial charge on any atom is -0.352 e. The Morgan fingerprint density at radius 2 is 2.47 bits per heavy atom. The Morgan fingerprint density at radius 1 is 1.60 bits per heavy atom. The maximum absolute atomic E-state index is 11.3. The van der Waals surface area contributed by atoms with Crippen LogP contribution in [0, 0.1) is 0 Å². The third-order valence-corrected chi connectivity index (χ3v) is 2.14. The number of rotatable bonds is 3. The van der Waals surface area contributed by atoms with Crippen LogP contribution < -0.4 is 10.6 Å². The smallest absolute Gasteiger partial charge is 0.292 e. The molecule has 0 aliphatic carbocycles. The van der Waals surface area contributed by atoms with Crippen molar-refractivity contribution < 1.29 is 9.59 Å². The number of nitrogens with one attached hydrogen (secondary N) is 3. The quantitative estimate of drug-likeness (QED) is 0.545. The third kappa shape index (κ3) is 2.27. The monoisotopic (exact) mass is 210 g/mol. The molecule has 0 bridgehead atoms. The number of carbonyl (C=O) groups is 2. The number of tetrazole rings is 1. The van der Waals surface area contributed by atoms with Crippen molar-refractivity contribution in [2.24, 2.45) is 0 Å². The van der Waals surface area contributed by atoms with Crippen LogP contribution in [-0.4, -0.2) is 45.0 Å². The molecule has 1 unspecified atom stereocenters. The molecule has 2 rings (SSSR count). The molecule has 2 amide bonds. The number of nitrogens with zero attached hydrogens (tertiary/aromatic N) is 3. The molecule has 1 atom stereocenters. The average molecular weight is 210 g/mol. The fourth-order valence-electron chi connectivity index (χ4n) is 1.38. The van der Waals surface area contributed by atoms with Gasteiger partial charge in [0.05, 0.1) is 0 Å². The molecule has 8 heteroatoms.